The van der Waals surface area contributed by atoms with E-state index in [-0.39, 0.29) is 5.91 Å². The van der Waals surface area contributed by atoms with Gasteiger partial charge in [-0.25, -0.2) is 0 Å². The summed E-state index contributed by atoms with van der Waals surface area (Å²) in [6, 6.07) is 27.1. The fraction of sp³-hybridized carbons (Fsp3) is 0.208. The summed E-state index contributed by atoms with van der Waals surface area (Å²) in [7, 11) is 0. The van der Waals surface area contributed by atoms with Crippen molar-refractivity contribution in [2.75, 3.05) is 0 Å². The Morgan fingerprint density at radius 3 is 1.73 bits per heavy atom. The SMILES string of the molecule is Cc1ccc(C(=O)N[C@H](N(Cc2ccccc2)Cc2ccccc2)C(Cl)(Cl)Cl)cc1. The zero-order chi connectivity index (χ0) is 21.6. The fourth-order valence-electron chi connectivity index (χ4n) is 3.17. The Morgan fingerprint density at radius 1 is 0.833 bits per heavy atom. The van der Waals surface area contributed by atoms with Gasteiger partial charge in [-0.3, -0.25) is 9.69 Å². The minimum Gasteiger partial charge on any atom is -0.332 e. The maximum Gasteiger partial charge on any atom is 0.252 e. The third-order valence-electron chi connectivity index (χ3n) is 4.71. The zero-order valence-electron chi connectivity index (χ0n) is 16.6. The van der Waals surface area contributed by atoms with Crippen LogP contribution in [0.2, 0.25) is 0 Å². The van der Waals surface area contributed by atoms with Gasteiger partial charge in [-0.15, -0.1) is 0 Å². The van der Waals surface area contributed by atoms with Crippen LogP contribution in [0.1, 0.15) is 27.0 Å². The van der Waals surface area contributed by atoms with Gasteiger partial charge in [-0.1, -0.05) is 113 Å². The smallest absolute Gasteiger partial charge is 0.252 e. The van der Waals surface area contributed by atoms with E-state index in [1.165, 1.54) is 0 Å². The number of nitrogens with zero attached hydrogens (tertiary/aromatic N) is 1. The standard InChI is InChI=1S/C24H23Cl3N2O/c1-18-12-14-21(15-13-18)22(30)28-23(24(25,26)27)29(16-19-8-4-2-5-9-19)17-20-10-6-3-7-11-20/h2-15,23H,16-17H2,1H3,(H,28,30)/t23-/m1/s1. The van der Waals surface area contributed by atoms with E-state index < -0.39 is 9.96 Å². The van der Waals surface area contributed by atoms with Gasteiger partial charge >= 0.3 is 0 Å². The molecule has 156 valence electrons. The van der Waals surface area contributed by atoms with Crippen LogP contribution in [-0.4, -0.2) is 20.8 Å². The summed E-state index contributed by atoms with van der Waals surface area (Å²) in [6.45, 7) is 2.97. The first kappa shape index (κ1) is 22.6. The van der Waals surface area contributed by atoms with Crippen molar-refractivity contribution in [2.45, 2.75) is 30.0 Å². The predicted molar refractivity (Wildman–Crippen MR) is 125 cm³/mol. The first-order valence-electron chi connectivity index (χ1n) is 9.59. The molecule has 6 heteroatoms. The van der Waals surface area contributed by atoms with Crippen molar-refractivity contribution in [3.8, 4) is 0 Å². The van der Waals surface area contributed by atoms with Crippen LogP contribution in [-0.2, 0) is 13.1 Å². The number of benzene rings is 3. The molecule has 0 saturated carbocycles. The summed E-state index contributed by atoms with van der Waals surface area (Å²) >= 11 is 19.1. The number of hydrogen-bond acceptors (Lipinski definition) is 2. The van der Waals surface area contributed by atoms with E-state index in [0.29, 0.717) is 18.7 Å². The molecule has 0 saturated heterocycles. The van der Waals surface area contributed by atoms with E-state index in [1.807, 2.05) is 84.6 Å². The van der Waals surface area contributed by atoms with Crippen molar-refractivity contribution in [1.29, 1.82) is 0 Å². The normalized spacial score (nSPS) is 12.6. The van der Waals surface area contributed by atoms with Gasteiger partial charge in [-0.2, -0.15) is 0 Å². The second-order valence-corrected chi connectivity index (χ2v) is 9.53. The monoisotopic (exact) mass is 460 g/mol. The molecule has 0 fully saturated rings. The average molecular weight is 462 g/mol. The Labute approximate surface area is 192 Å². The fourth-order valence-corrected chi connectivity index (χ4v) is 3.74. The lowest BCUT2D eigenvalue weighted by Crippen LogP contribution is -2.54. The molecular formula is C24H23Cl3N2O. The highest BCUT2D eigenvalue weighted by Crippen LogP contribution is 2.34. The van der Waals surface area contributed by atoms with Crippen LogP contribution < -0.4 is 5.32 Å². The Kier molecular flexibility index (Phi) is 7.79. The number of carbonyl (C=O) groups excluding carboxylic acids is 1. The molecule has 0 aromatic heterocycles. The number of hydrogen-bond donors (Lipinski definition) is 1. The summed E-state index contributed by atoms with van der Waals surface area (Å²) in [4.78, 5) is 14.9. The Bertz CT molecular complexity index is 900. The second-order valence-electron chi connectivity index (χ2n) is 7.16. The lowest BCUT2D eigenvalue weighted by molar-refractivity contribution is 0.0826. The number of alkyl halides is 3. The molecule has 3 aromatic carbocycles. The van der Waals surface area contributed by atoms with E-state index in [4.69, 9.17) is 34.8 Å². The van der Waals surface area contributed by atoms with Crippen LogP contribution in [0.3, 0.4) is 0 Å². The minimum absolute atomic E-state index is 0.294. The second kappa shape index (κ2) is 10.3. The lowest BCUT2D eigenvalue weighted by atomic mass is 10.1. The number of aryl methyl sites for hydroxylation is 1. The number of nitrogens with one attached hydrogen (secondary N) is 1. The van der Waals surface area contributed by atoms with Gasteiger partial charge in [-0.05, 0) is 30.2 Å². The molecule has 3 aromatic rings. The maximum atomic E-state index is 12.9. The van der Waals surface area contributed by atoms with Gasteiger partial charge < -0.3 is 5.32 Å². The van der Waals surface area contributed by atoms with Crippen molar-refractivity contribution in [3.63, 3.8) is 0 Å². The molecule has 30 heavy (non-hydrogen) atoms. The van der Waals surface area contributed by atoms with Crippen LogP contribution in [0.4, 0.5) is 0 Å². The Hall–Kier alpha value is -2.04. The van der Waals surface area contributed by atoms with Crippen molar-refractivity contribution in [1.82, 2.24) is 10.2 Å². The van der Waals surface area contributed by atoms with E-state index >= 15 is 0 Å². The number of amides is 1. The van der Waals surface area contributed by atoms with Crippen molar-refractivity contribution >= 4 is 40.7 Å². The van der Waals surface area contributed by atoms with Gasteiger partial charge in [0, 0.05) is 18.7 Å². The molecule has 3 nitrogen and oxygen atoms in total. The first-order chi connectivity index (χ1) is 14.3. The molecule has 1 atom stereocenters. The molecule has 1 amide bonds. The summed E-state index contributed by atoms with van der Waals surface area (Å²) in [6.07, 6.45) is -0.836. The van der Waals surface area contributed by atoms with Gasteiger partial charge in [0.25, 0.3) is 5.91 Å². The van der Waals surface area contributed by atoms with Crippen molar-refractivity contribution < 1.29 is 4.79 Å². The van der Waals surface area contributed by atoms with Gasteiger partial charge in [0.2, 0.25) is 3.79 Å². The molecule has 1 N–H and O–H groups in total. The molecule has 0 unspecified atom stereocenters. The molecule has 0 bridgehead atoms. The highest BCUT2D eigenvalue weighted by Gasteiger charge is 2.38. The van der Waals surface area contributed by atoms with Gasteiger partial charge in [0.1, 0.15) is 6.17 Å². The Morgan fingerprint density at radius 2 is 1.30 bits per heavy atom. The highest BCUT2D eigenvalue weighted by atomic mass is 35.6. The highest BCUT2D eigenvalue weighted by molar-refractivity contribution is 6.68. The molecule has 0 radical (unpaired) electrons. The van der Waals surface area contributed by atoms with E-state index in [9.17, 15) is 4.79 Å². The molecule has 0 heterocycles. The molecule has 3 rings (SSSR count). The van der Waals surface area contributed by atoms with Crippen LogP contribution in [0.25, 0.3) is 0 Å². The molecular weight excluding hydrogens is 439 g/mol. The molecule has 0 aliphatic carbocycles. The van der Waals surface area contributed by atoms with Crippen LogP contribution in [0.15, 0.2) is 84.9 Å². The van der Waals surface area contributed by atoms with Crippen LogP contribution >= 0.6 is 34.8 Å². The third kappa shape index (κ3) is 6.48. The van der Waals surface area contributed by atoms with Crippen LogP contribution in [0, 0.1) is 6.92 Å². The predicted octanol–water partition coefficient (Wildman–Crippen LogP) is 6.12. The average Bonchev–Trinajstić information content (AvgIpc) is 2.72. The zero-order valence-corrected chi connectivity index (χ0v) is 18.8. The maximum absolute atomic E-state index is 12.9. The van der Waals surface area contributed by atoms with Crippen molar-refractivity contribution in [2.24, 2.45) is 0 Å². The summed E-state index contributed by atoms with van der Waals surface area (Å²) in [5.41, 5.74) is 3.69. The quantitative estimate of drug-likeness (QED) is 0.339. The van der Waals surface area contributed by atoms with Gasteiger partial charge in [0.15, 0.2) is 0 Å². The van der Waals surface area contributed by atoms with Crippen molar-refractivity contribution in [3.05, 3.63) is 107 Å². The van der Waals surface area contributed by atoms with Gasteiger partial charge in [0.05, 0.1) is 0 Å². The van der Waals surface area contributed by atoms with E-state index in [1.54, 1.807) is 12.1 Å². The topological polar surface area (TPSA) is 32.3 Å². The first-order valence-corrected chi connectivity index (χ1v) is 10.7. The number of carbonyl (C=O) groups is 1. The number of halogens is 3. The molecule has 0 spiro atoms. The number of rotatable bonds is 7. The lowest BCUT2D eigenvalue weighted by Gasteiger charge is -2.36. The largest absolute Gasteiger partial charge is 0.332 e. The van der Waals surface area contributed by atoms with E-state index in [0.717, 1.165) is 16.7 Å². The van der Waals surface area contributed by atoms with Crippen LogP contribution in [0.5, 0.6) is 0 Å². The summed E-state index contributed by atoms with van der Waals surface area (Å²) in [5, 5.41) is 2.92. The summed E-state index contributed by atoms with van der Waals surface area (Å²) < 4.78 is -1.73. The summed E-state index contributed by atoms with van der Waals surface area (Å²) in [5.74, 6) is -0.294. The van der Waals surface area contributed by atoms with E-state index in [2.05, 4.69) is 5.32 Å². The minimum atomic E-state index is -1.73. The molecule has 0 aliphatic heterocycles. The Balaban J connectivity index is 1.89. The molecule has 0 aliphatic rings. The third-order valence-corrected chi connectivity index (χ3v) is 5.33.